The highest BCUT2D eigenvalue weighted by molar-refractivity contribution is 5.10. The van der Waals surface area contributed by atoms with Crippen molar-refractivity contribution in [1.82, 2.24) is 4.90 Å². The van der Waals surface area contributed by atoms with Gasteiger partial charge in [0.1, 0.15) is 0 Å². The zero-order valence-electron chi connectivity index (χ0n) is 9.30. The summed E-state index contributed by atoms with van der Waals surface area (Å²) in [6, 6.07) is 0.625. The Labute approximate surface area is 82.5 Å². The van der Waals surface area contributed by atoms with E-state index in [1.165, 1.54) is 12.8 Å². The van der Waals surface area contributed by atoms with Gasteiger partial charge in [0.15, 0.2) is 0 Å². The van der Waals surface area contributed by atoms with E-state index in [2.05, 4.69) is 38.5 Å². The van der Waals surface area contributed by atoms with Crippen LogP contribution in [0.15, 0.2) is 0 Å². The van der Waals surface area contributed by atoms with Crippen LogP contribution >= 0.6 is 0 Å². The Morgan fingerprint density at radius 2 is 2.00 bits per heavy atom. The molecule has 13 heavy (non-hydrogen) atoms. The first-order chi connectivity index (χ1) is 5.99. The molecule has 1 heterocycles. The summed E-state index contributed by atoms with van der Waals surface area (Å²) in [5, 5.41) is 0. The third kappa shape index (κ3) is 2.06. The Hall–Kier alpha value is -0.480. The van der Waals surface area contributed by atoms with E-state index < -0.39 is 0 Å². The highest BCUT2D eigenvalue weighted by Gasteiger charge is 2.33. The molecule has 1 aliphatic heterocycles. The summed E-state index contributed by atoms with van der Waals surface area (Å²) in [5.41, 5.74) is -0.0753. The Bertz CT molecular complexity index is 212. The normalized spacial score (nSPS) is 31.3. The first-order valence-electron chi connectivity index (χ1n) is 5.23. The molecule has 1 heteroatoms. The second-order valence-electron chi connectivity index (χ2n) is 4.76. The van der Waals surface area contributed by atoms with Crippen LogP contribution in [0.4, 0.5) is 0 Å². The quantitative estimate of drug-likeness (QED) is 0.559. The largest absolute Gasteiger partial charge is 0.285 e. The minimum atomic E-state index is -0.0753. The van der Waals surface area contributed by atoms with Crippen LogP contribution in [0.3, 0.4) is 0 Å². The molecule has 1 nitrogen and oxygen atoms in total. The van der Waals surface area contributed by atoms with Crippen molar-refractivity contribution in [2.45, 2.75) is 52.1 Å². The number of hydrogen-bond donors (Lipinski definition) is 0. The van der Waals surface area contributed by atoms with Crippen LogP contribution in [0.25, 0.3) is 0 Å². The Morgan fingerprint density at radius 3 is 2.54 bits per heavy atom. The van der Waals surface area contributed by atoms with Gasteiger partial charge in [0, 0.05) is 6.04 Å². The summed E-state index contributed by atoms with van der Waals surface area (Å²) >= 11 is 0. The monoisotopic (exact) mass is 179 g/mol. The second kappa shape index (κ2) is 3.72. The van der Waals surface area contributed by atoms with Gasteiger partial charge < -0.3 is 0 Å². The number of piperidine rings is 1. The molecular formula is C12H21N. The minimum Gasteiger partial charge on any atom is -0.285 e. The number of nitrogens with zero attached hydrogens (tertiary/aromatic N) is 1. The molecule has 1 saturated heterocycles. The van der Waals surface area contributed by atoms with Gasteiger partial charge in [-0.15, -0.1) is 6.42 Å². The molecule has 2 unspecified atom stereocenters. The average Bonchev–Trinajstić information content (AvgIpc) is 2.09. The van der Waals surface area contributed by atoms with Crippen molar-refractivity contribution in [2.24, 2.45) is 5.92 Å². The van der Waals surface area contributed by atoms with E-state index in [4.69, 9.17) is 6.42 Å². The summed E-state index contributed by atoms with van der Waals surface area (Å²) in [6.45, 7) is 10.1. The average molecular weight is 179 g/mol. The fraction of sp³-hybridized carbons (Fsp3) is 0.833. The van der Waals surface area contributed by atoms with Gasteiger partial charge >= 0.3 is 0 Å². The van der Waals surface area contributed by atoms with Crippen molar-refractivity contribution in [3.8, 4) is 12.3 Å². The van der Waals surface area contributed by atoms with E-state index in [1.54, 1.807) is 0 Å². The molecular weight excluding hydrogens is 158 g/mol. The molecule has 0 spiro atoms. The summed E-state index contributed by atoms with van der Waals surface area (Å²) in [4.78, 5) is 2.46. The molecule has 0 amide bonds. The molecule has 0 aromatic heterocycles. The molecule has 1 fully saturated rings. The third-order valence-corrected chi connectivity index (χ3v) is 3.44. The zero-order chi connectivity index (χ0) is 10.1. The molecule has 0 saturated carbocycles. The van der Waals surface area contributed by atoms with Crippen LogP contribution in [0.1, 0.15) is 40.5 Å². The molecule has 1 aliphatic rings. The molecule has 0 aliphatic carbocycles. The summed E-state index contributed by atoms with van der Waals surface area (Å²) in [6.07, 6.45) is 8.19. The van der Waals surface area contributed by atoms with Crippen molar-refractivity contribution < 1.29 is 0 Å². The SMILES string of the molecule is C#CC(C)(C)N1CCCC(C)C1C. The summed E-state index contributed by atoms with van der Waals surface area (Å²) in [5.74, 6) is 3.67. The van der Waals surface area contributed by atoms with Gasteiger partial charge in [0.2, 0.25) is 0 Å². The van der Waals surface area contributed by atoms with Crippen molar-refractivity contribution in [1.29, 1.82) is 0 Å². The van der Waals surface area contributed by atoms with Gasteiger partial charge in [-0.25, -0.2) is 0 Å². The maximum atomic E-state index is 5.55. The first kappa shape index (κ1) is 10.6. The number of rotatable bonds is 1. The smallest absolute Gasteiger partial charge is 0.0768 e. The topological polar surface area (TPSA) is 3.24 Å². The fourth-order valence-electron chi connectivity index (χ4n) is 2.21. The maximum Gasteiger partial charge on any atom is 0.0768 e. The standard InChI is InChI=1S/C12H21N/c1-6-12(4,5)13-9-7-8-10(2)11(13)3/h1,10-11H,7-9H2,2-5H3. The number of terminal acetylenes is 1. The molecule has 1 rings (SSSR count). The molecule has 0 bridgehead atoms. The van der Waals surface area contributed by atoms with Gasteiger partial charge in [-0.3, -0.25) is 4.90 Å². The van der Waals surface area contributed by atoms with Crippen LogP contribution < -0.4 is 0 Å². The molecule has 0 aromatic rings. The second-order valence-corrected chi connectivity index (χ2v) is 4.76. The van der Waals surface area contributed by atoms with Gasteiger partial charge in [-0.2, -0.15) is 0 Å². The first-order valence-corrected chi connectivity index (χ1v) is 5.23. The lowest BCUT2D eigenvalue weighted by Crippen LogP contribution is -2.53. The van der Waals surface area contributed by atoms with Gasteiger partial charge in [-0.1, -0.05) is 12.8 Å². The number of likely N-dealkylation sites (tertiary alicyclic amines) is 1. The predicted octanol–water partition coefficient (Wildman–Crippen LogP) is 2.52. The zero-order valence-corrected chi connectivity index (χ0v) is 9.30. The lowest BCUT2D eigenvalue weighted by molar-refractivity contribution is 0.0511. The van der Waals surface area contributed by atoms with Gasteiger partial charge in [0.25, 0.3) is 0 Å². The van der Waals surface area contributed by atoms with Crippen molar-refractivity contribution in [3.05, 3.63) is 0 Å². The lowest BCUT2D eigenvalue weighted by Gasteiger charge is -2.45. The van der Waals surface area contributed by atoms with E-state index >= 15 is 0 Å². The van der Waals surface area contributed by atoms with Crippen molar-refractivity contribution in [2.75, 3.05) is 6.54 Å². The minimum absolute atomic E-state index is 0.0753. The fourth-order valence-corrected chi connectivity index (χ4v) is 2.21. The maximum absolute atomic E-state index is 5.55. The van der Waals surface area contributed by atoms with Crippen molar-refractivity contribution >= 4 is 0 Å². The Kier molecular flexibility index (Phi) is 3.03. The Morgan fingerprint density at radius 1 is 1.38 bits per heavy atom. The van der Waals surface area contributed by atoms with Crippen LogP contribution in [-0.2, 0) is 0 Å². The van der Waals surface area contributed by atoms with E-state index in [0.29, 0.717) is 6.04 Å². The lowest BCUT2D eigenvalue weighted by atomic mass is 9.87. The number of hydrogen-bond acceptors (Lipinski definition) is 1. The van der Waals surface area contributed by atoms with Crippen LogP contribution in [-0.4, -0.2) is 23.0 Å². The highest BCUT2D eigenvalue weighted by Crippen LogP contribution is 2.28. The molecule has 0 radical (unpaired) electrons. The molecule has 0 N–H and O–H groups in total. The van der Waals surface area contributed by atoms with E-state index in [0.717, 1.165) is 12.5 Å². The van der Waals surface area contributed by atoms with Gasteiger partial charge in [-0.05, 0) is 46.1 Å². The van der Waals surface area contributed by atoms with E-state index in [9.17, 15) is 0 Å². The molecule has 74 valence electrons. The van der Waals surface area contributed by atoms with E-state index in [-0.39, 0.29) is 5.54 Å². The predicted molar refractivity (Wildman–Crippen MR) is 57.5 cm³/mol. The summed E-state index contributed by atoms with van der Waals surface area (Å²) < 4.78 is 0. The van der Waals surface area contributed by atoms with Crippen molar-refractivity contribution in [3.63, 3.8) is 0 Å². The van der Waals surface area contributed by atoms with Crippen LogP contribution in [0, 0.1) is 18.3 Å². The van der Waals surface area contributed by atoms with Gasteiger partial charge in [0.05, 0.1) is 5.54 Å². The van der Waals surface area contributed by atoms with E-state index in [1.807, 2.05) is 0 Å². The third-order valence-electron chi connectivity index (χ3n) is 3.44. The molecule has 0 aromatic carbocycles. The summed E-state index contributed by atoms with van der Waals surface area (Å²) in [7, 11) is 0. The highest BCUT2D eigenvalue weighted by atomic mass is 15.2. The van der Waals surface area contributed by atoms with Crippen LogP contribution in [0.5, 0.6) is 0 Å². The Balaban J connectivity index is 2.75. The molecule has 2 atom stereocenters. The van der Waals surface area contributed by atoms with Crippen LogP contribution in [0.2, 0.25) is 0 Å².